The summed E-state index contributed by atoms with van der Waals surface area (Å²) in [5.74, 6) is -0.994. The number of carbonyl (C=O) groups excluding carboxylic acids is 1. The van der Waals surface area contributed by atoms with Crippen molar-refractivity contribution in [1.29, 1.82) is 0 Å². The van der Waals surface area contributed by atoms with E-state index in [1.165, 1.54) is 53.7 Å². The average molecular weight is 530 g/mol. The summed E-state index contributed by atoms with van der Waals surface area (Å²) in [6.45, 7) is 2.76. The summed E-state index contributed by atoms with van der Waals surface area (Å²) < 4.78 is 76.8. The van der Waals surface area contributed by atoms with Gasteiger partial charge in [-0.1, -0.05) is 12.1 Å². The van der Waals surface area contributed by atoms with Crippen molar-refractivity contribution in [3.05, 3.63) is 54.3 Å². The zero-order chi connectivity index (χ0) is 25.6. The lowest BCUT2D eigenvalue weighted by molar-refractivity contribution is -0.121. The summed E-state index contributed by atoms with van der Waals surface area (Å²) >= 11 is 0. The Kier molecular flexibility index (Phi) is 8.70. The second-order valence-electron chi connectivity index (χ2n) is 7.81. The van der Waals surface area contributed by atoms with Crippen LogP contribution in [0.15, 0.2) is 53.4 Å². The maximum Gasteiger partial charge on any atom is 0.243 e. The Balaban J connectivity index is 1.54. The molecule has 1 atom stereocenters. The molecule has 1 aliphatic heterocycles. The van der Waals surface area contributed by atoms with Crippen molar-refractivity contribution in [3.63, 3.8) is 0 Å². The van der Waals surface area contributed by atoms with Crippen molar-refractivity contribution < 1.29 is 35.5 Å². The summed E-state index contributed by atoms with van der Waals surface area (Å²) in [5.41, 5.74) is -0.221. The number of halogens is 1. The van der Waals surface area contributed by atoms with Gasteiger partial charge in [0.25, 0.3) is 0 Å². The Labute approximate surface area is 204 Å². The summed E-state index contributed by atoms with van der Waals surface area (Å²) in [5, 5.41) is 2.57. The highest BCUT2D eigenvalue weighted by molar-refractivity contribution is 7.92. The standard InChI is InChI=1S/C22H28FN3O7S2/c1-17(26(34(2,28)29)21-6-4-3-5-20(21)23)22(27)24-11-14-33-18-7-9-19(10-8-18)35(30,31)25-12-15-32-16-13-25/h3-10,17H,11-16H2,1-2H3,(H,24,27). The highest BCUT2D eigenvalue weighted by atomic mass is 32.2. The second-order valence-corrected chi connectivity index (χ2v) is 11.6. The van der Waals surface area contributed by atoms with Gasteiger partial charge in [-0.2, -0.15) is 4.31 Å². The molecule has 2 aromatic rings. The maximum absolute atomic E-state index is 14.2. The third kappa shape index (κ3) is 6.69. The van der Waals surface area contributed by atoms with Crippen molar-refractivity contribution in [2.75, 3.05) is 50.0 Å². The number of benzene rings is 2. The largest absolute Gasteiger partial charge is 0.492 e. The van der Waals surface area contributed by atoms with Gasteiger partial charge < -0.3 is 14.8 Å². The first kappa shape index (κ1) is 26.9. The molecule has 1 saturated heterocycles. The van der Waals surface area contributed by atoms with Gasteiger partial charge in [0.05, 0.1) is 36.6 Å². The van der Waals surface area contributed by atoms with Gasteiger partial charge in [-0.25, -0.2) is 21.2 Å². The van der Waals surface area contributed by atoms with Crippen molar-refractivity contribution in [2.45, 2.75) is 17.9 Å². The van der Waals surface area contributed by atoms with E-state index in [9.17, 15) is 26.0 Å². The van der Waals surface area contributed by atoms with Crippen molar-refractivity contribution in [2.24, 2.45) is 0 Å². The molecule has 0 radical (unpaired) electrons. The van der Waals surface area contributed by atoms with Crippen LogP contribution >= 0.6 is 0 Å². The van der Waals surface area contributed by atoms with Crippen LogP contribution in [0.1, 0.15) is 6.92 Å². The van der Waals surface area contributed by atoms with E-state index in [0.717, 1.165) is 16.6 Å². The average Bonchev–Trinajstić information content (AvgIpc) is 2.83. The molecule has 13 heteroatoms. The Morgan fingerprint density at radius 3 is 2.34 bits per heavy atom. The SMILES string of the molecule is CC(C(=O)NCCOc1ccc(S(=O)(=O)N2CCOCC2)cc1)N(c1ccccc1F)S(C)(=O)=O. The first-order valence-corrected chi connectivity index (χ1v) is 14.1. The van der Waals surface area contributed by atoms with Gasteiger partial charge in [-0.05, 0) is 43.3 Å². The second kappa shape index (κ2) is 11.3. The molecule has 1 N–H and O–H groups in total. The first-order valence-electron chi connectivity index (χ1n) is 10.8. The number of anilines is 1. The Morgan fingerprint density at radius 1 is 1.11 bits per heavy atom. The Bertz CT molecular complexity index is 1230. The number of hydrogen-bond donors (Lipinski definition) is 1. The van der Waals surface area contributed by atoms with Gasteiger partial charge in [0.15, 0.2) is 0 Å². The molecule has 0 spiro atoms. The topological polar surface area (TPSA) is 122 Å². The van der Waals surface area contributed by atoms with Crippen LogP contribution in [0.3, 0.4) is 0 Å². The number of morpholine rings is 1. The number of carbonyl (C=O) groups is 1. The number of ether oxygens (including phenoxy) is 2. The lowest BCUT2D eigenvalue weighted by atomic mass is 10.2. The van der Waals surface area contributed by atoms with E-state index in [1.807, 2.05) is 0 Å². The third-order valence-electron chi connectivity index (χ3n) is 5.28. The third-order valence-corrected chi connectivity index (χ3v) is 8.42. The Hall–Kier alpha value is -2.74. The minimum Gasteiger partial charge on any atom is -0.492 e. The number of nitrogens with one attached hydrogen (secondary N) is 1. The fourth-order valence-corrected chi connectivity index (χ4v) is 6.13. The van der Waals surface area contributed by atoms with Crippen molar-refractivity contribution >= 4 is 31.6 Å². The van der Waals surface area contributed by atoms with Crippen LogP contribution in [0.4, 0.5) is 10.1 Å². The lowest BCUT2D eigenvalue weighted by Gasteiger charge is -2.28. The van der Waals surface area contributed by atoms with Crippen LogP contribution in [0.25, 0.3) is 0 Å². The number of sulfonamides is 2. The normalized spacial score (nSPS) is 15.9. The number of hydrogen-bond acceptors (Lipinski definition) is 7. The molecule has 1 heterocycles. The zero-order valence-corrected chi connectivity index (χ0v) is 21.0. The molecule has 0 aliphatic carbocycles. The molecular weight excluding hydrogens is 501 g/mol. The fourth-order valence-electron chi connectivity index (χ4n) is 3.55. The molecule has 2 aromatic carbocycles. The van der Waals surface area contributed by atoms with E-state index in [1.54, 1.807) is 0 Å². The molecule has 1 unspecified atom stereocenters. The lowest BCUT2D eigenvalue weighted by Crippen LogP contribution is -2.48. The predicted molar refractivity (Wildman–Crippen MR) is 128 cm³/mol. The van der Waals surface area contributed by atoms with E-state index >= 15 is 0 Å². The van der Waals surface area contributed by atoms with E-state index in [2.05, 4.69) is 5.32 Å². The van der Waals surface area contributed by atoms with Crippen LogP contribution in [0, 0.1) is 5.82 Å². The van der Waals surface area contributed by atoms with Crippen molar-refractivity contribution in [1.82, 2.24) is 9.62 Å². The molecule has 1 amide bonds. The minimum atomic E-state index is -3.94. The molecule has 10 nitrogen and oxygen atoms in total. The van der Waals surface area contributed by atoms with Crippen LogP contribution in [0.5, 0.6) is 5.75 Å². The number of nitrogens with zero attached hydrogens (tertiary/aromatic N) is 2. The van der Waals surface area contributed by atoms with Gasteiger partial charge in [0.1, 0.15) is 24.2 Å². The number of amides is 1. The van der Waals surface area contributed by atoms with Crippen LogP contribution in [-0.4, -0.2) is 78.8 Å². The first-order chi connectivity index (χ1) is 16.5. The predicted octanol–water partition coefficient (Wildman–Crippen LogP) is 1.20. The summed E-state index contributed by atoms with van der Waals surface area (Å²) in [6.07, 6.45) is 0.898. The smallest absolute Gasteiger partial charge is 0.243 e. The fraction of sp³-hybridized carbons (Fsp3) is 0.409. The van der Waals surface area contributed by atoms with Gasteiger partial charge in [-0.3, -0.25) is 9.10 Å². The van der Waals surface area contributed by atoms with Gasteiger partial charge >= 0.3 is 0 Å². The summed E-state index contributed by atoms with van der Waals surface area (Å²) in [4.78, 5) is 12.7. The molecule has 3 rings (SSSR count). The van der Waals surface area contributed by atoms with Crippen molar-refractivity contribution in [3.8, 4) is 5.75 Å². The molecule has 0 bridgehead atoms. The molecular formula is C22H28FN3O7S2. The minimum absolute atomic E-state index is 0.0475. The number of para-hydroxylation sites is 1. The molecule has 192 valence electrons. The van der Waals surface area contributed by atoms with Crippen LogP contribution < -0.4 is 14.4 Å². The van der Waals surface area contributed by atoms with Gasteiger partial charge in [0.2, 0.25) is 26.0 Å². The van der Waals surface area contributed by atoms with Gasteiger partial charge in [0, 0.05) is 13.1 Å². The molecule has 1 aliphatic rings. The maximum atomic E-state index is 14.2. The molecule has 1 fully saturated rings. The summed E-state index contributed by atoms with van der Waals surface area (Å²) in [6, 6.07) is 10.0. The van der Waals surface area contributed by atoms with E-state index in [0.29, 0.717) is 32.1 Å². The van der Waals surface area contributed by atoms with Crippen LogP contribution in [-0.2, 0) is 29.6 Å². The van der Waals surface area contributed by atoms with E-state index in [4.69, 9.17) is 9.47 Å². The monoisotopic (exact) mass is 529 g/mol. The Morgan fingerprint density at radius 2 is 1.74 bits per heavy atom. The summed E-state index contributed by atoms with van der Waals surface area (Å²) in [7, 11) is -7.55. The number of rotatable bonds is 10. The van der Waals surface area contributed by atoms with Crippen LogP contribution in [0.2, 0.25) is 0 Å². The highest BCUT2D eigenvalue weighted by Crippen LogP contribution is 2.24. The van der Waals surface area contributed by atoms with E-state index in [-0.39, 0.29) is 23.7 Å². The highest BCUT2D eigenvalue weighted by Gasteiger charge is 2.31. The zero-order valence-electron chi connectivity index (χ0n) is 19.4. The molecule has 0 aromatic heterocycles. The molecule has 35 heavy (non-hydrogen) atoms. The van der Waals surface area contributed by atoms with Gasteiger partial charge in [-0.15, -0.1) is 0 Å². The quantitative estimate of drug-likeness (QED) is 0.459. The molecule has 0 saturated carbocycles. The van der Waals surface area contributed by atoms with E-state index < -0.39 is 37.8 Å².